The highest BCUT2D eigenvalue weighted by Gasteiger charge is 2.07. The summed E-state index contributed by atoms with van der Waals surface area (Å²) in [7, 11) is -3.32. The Labute approximate surface area is 89.5 Å². The molecule has 1 heterocycles. The van der Waals surface area contributed by atoms with Gasteiger partial charge in [-0.05, 0) is 12.1 Å². The van der Waals surface area contributed by atoms with Crippen molar-refractivity contribution in [1.82, 2.24) is 4.98 Å². The molecule has 7 heteroatoms. The van der Waals surface area contributed by atoms with Gasteiger partial charge in [0.1, 0.15) is 10.5 Å². The standard InChI is InChI=1S/C6H6BrClN2O2S/c7-4-13(11,12)10-6-2-1-5(8)3-9-6/h1-3H,4H2,(H,9,10). The minimum Gasteiger partial charge on any atom is -0.267 e. The highest BCUT2D eigenvalue weighted by molar-refractivity contribution is 9.10. The molecule has 0 fully saturated rings. The quantitative estimate of drug-likeness (QED) is 0.862. The predicted molar refractivity (Wildman–Crippen MR) is 55.6 cm³/mol. The lowest BCUT2D eigenvalue weighted by atomic mass is 10.5. The van der Waals surface area contributed by atoms with Crippen LogP contribution < -0.4 is 4.72 Å². The first-order valence-electron chi connectivity index (χ1n) is 3.21. The van der Waals surface area contributed by atoms with Gasteiger partial charge in [-0.2, -0.15) is 0 Å². The van der Waals surface area contributed by atoms with Crippen molar-refractivity contribution in [2.75, 3.05) is 9.38 Å². The van der Waals surface area contributed by atoms with Crippen molar-refractivity contribution in [3.8, 4) is 0 Å². The Kier molecular flexibility index (Phi) is 3.52. The molecule has 0 bridgehead atoms. The van der Waals surface area contributed by atoms with Crippen LogP contribution >= 0.6 is 27.5 Å². The third-order valence-electron chi connectivity index (χ3n) is 1.13. The Balaban J connectivity index is 2.82. The lowest BCUT2D eigenvalue weighted by molar-refractivity contribution is 0.606. The van der Waals surface area contributed by atoms with Crippen molar-refractivity contribution in [1.29, 1.82) is 0 Å². The number of rotatable bonds is 3. The molecule has 0 saturated carbocycles. The van der Waals surface area contributed by atoms with Crippen LogP contribution in [0.3, 0.4) is 0 Å². The molecule has 4 nitrogen and oxygen atoms in total. The summed E-state index contributed by atoms with van der Waals surface area (Å²) in [5.74, 6) is 0.254. The number of nitrogens with one attached hydrogen (secondary N) is 1. The van der Waals surface area contributed by atoms with Gasteiger partial charge < -0.3 is 0 Å². The third kappa shape index (κ3) is 3.50. The summed E-state index contributed by atoms with van der Waals surface area (Å²) >= 11 is 8.41. The second-order valence-electron chi connectivity index (χ2n) is 2.19. The summed E-state index contributed by atoms with van der Waals surface area (Å²) in [6.45, 7) is 0. The molecule has 0 amide bonds. The molecule has 0 aliphatic heterocycles. The van der Waals surface area contributed by atoms with Crippen molar-refractivity contribution < 1.29 is 8.42 Å². The van der Waals surface area contributed by atoms with Gasteiger partial charge in [0.2, 0.25) is 10.0 Å². The first kappa shape index (κ1) is 10.7. The van der Waals surface area contributed by atoms with Gasteiger partial charge in [0, 0.05) is 6.20 Å². The van der Waals surface area contributed by atoms with Crippen LogP contribution in [0.2, 0.25) is 5.02 Å². The molecule has 0 aliphatic carbocycles. The number of pyridine rings is 1. The minimum atomic E-state index is -3.32. The summed E-state index contributed by atoms with van der Waals surface area (Å²) in [5.41, 5.74) is 0. The zero-order chi connectivity index (χ0) is 9.90. The largest absolute Gasteiger partial charge is 0.267 e. The van der Waals surface area contributed by atoms with Gasteiger partial charge in [-0.15, -0.1) is 0 Å². The third-order valence-corrected chi connectivity index (χ3v) is 3.97. The van der Waals surface area contributed by atoms with E-state index in [0.717, 1.165) is 0 Å². The first-order chi connectivity index (χ1) is 6.03. The zero-order valence-corrected chi connectivity index (χ0v) is 9.53. The number of hydrogen-bond donors (Lipinski definition) is 1. The van der Waals surface area contributed by atoms with Crippen molar-refractivity contribution in [3.63, 3.8) is 0 Å². The summed E-state index contributed by atoms with van der Waals surface area (Å²) in [5, 5.41) is 0.460. The van der Waals surface area contributed by atoms with Crippen molar-refractivity contribution in [2.45, 2.75) is 0 Å². The molecule has 1 N–H and O–H groups in total. The molecule has 0 unspecified atom stereocenters. The molecule has 0 aliphatic rings. The molecule has 1 aromatic heterocycles. The van der Waals surface area contributed by atoms with Crippen LogP contribution in [0, 0.1) is 0 Å². The monoisotopic (exact) mass is 284 g/mol. The fourth-order valence-corrected chi connectivity index (χ4v) is 1.57. The Morgan fingerprint density at radius 3 is 2.69 bits per heavy atom. The number of alkyl halides is 1. The molecule has 1 aromatic rings. The van der Waals surface area contributed by atoms with Gasteiger partial charge in [-0.1, -0.05) is 27.5 Å². The number of nitrogens with zero attached hydrogens (tertiary/aromatic N) is 1. The van der Waals surface area contributed by atoms with Gasteiger partial charge in [-0.25, -0.2) is 13.4 Å². The molecule has 72 valence electrons. The van der Waals surface area contributed by atoms with E-state index in [-0.39, 0.29) is 10.5 Å². The van der Waals surface area contributed by atoms with Crippen LogP contribution in [0.4, 0.5) is 5.82 Å². The van der Waals surface area contributed by atoms with E-state index in [9.17, 15) is 8.42 Å². The summed E-state index contributed by atoms with van der Waals surface area (Å²) in [6.07, 6.45) is 1.37. The van der Waals surface area contributed by atoms with E-state index < -0.39 is 10.0 Å². The van der Waals surface area contributed by atoms with Crippen molar-refractivity contribution in [2.24, 2.45) is 0 Å². The molecule has 0 atom stereocenters. The first-order valence-corrected chi connectivity index (χ1v) is 6.37. The summed E-state index contributed by atoms with van der Waals surface area (Å²) in [6, 6.07) is 3.04. The van der Waals surface area contributed by atoms with Crippen molar-refractivity contribution >= 4 is 43.4 Å². The number of halogens is 2. The molecule has 0 aromatic carbocycles. The maximum absolute atomic E-state index is 11.0. The molecular weight excluding hydrogens is 280 g/mol. The number of hydrogen-bond acceptors (Lipinski definition) is 3. The van der Waals surface area contributed by atoms with Gasteiger partial charge in [0.25, 0.3) is 0 Å². The van der Waals surface area contributed by atoms with Gasteiger partial charge >= 0.3 is 0 Å². The van der Waals surface area contributed by atoms with E-state index in [2.05, 4.69) is 25.6 Å². The van der Waals surface area contributed by atoms with Crippen LogP contribution in [0.25, 0.3) is 0 Å². The average molecular weight is 286 g/mol. The number of sulfonamides is 1. The van der Waals surface area contributed by atoms with E-state index in [1.165, 1.54) is 12.3 Å². The zero-order valence-electron chi connectivity index (χ0n) is 6.37. The molecule has 0 saturated heterocycles. The minimum absolute atomic E-state index is 0.162. The Hall–Kier alpha value is -0.330. The van der Waals surface area contributed by atoms with E-state index in [1.807, 2.05) is 0 Å². The number of anilines is 1. The highest BCUT2D eigenvalue weighted by Crippen LogP contribution is 2.11. The molecule has 13 heavy (non-hydrogen) atoms. The fraction of sp³-hybridized carbons (Fsp3) is 0.167. The van der Waals surface area contributed by atoms with E-state index in [4.69, 9.17) is 11.6 Å². The molecule has 0 radical (unpaired) electrons. The predicted octanol–water partition coefficient (Wildman–Crippen LogP) is 1.83. The lowest BCUT2D eigenvalue weighted by Gasteiger charge is -2.03. The van der Waals surface area contributed by atoms with Crippen molar-refractivity contribution in [3.05, 3.63) is 23.4 Å². The van der Waals surface area contributed by atoms with Gasteiger partial charge in [0.05, 0.1) is 5.02 Å². The second kappa shape index (κ2) is 4.26. The van der Waals surface area contributed by atoms with Crippen LogP contribution in [0.15, 0.2) is 18.3 Å². The lowest BCUT2D eigenvalue weighted by Crippen LogP contribution is -2.13. The van der Waals surface area contributed by atoms with Crippen LogP contribution in [-0.4, -0.2) is 18.1 Å². The van der Waals surface area contributed by atoms with Gasteiger partial charge in [-0.3, -0.25) is 4.72 Å². The van der Waals surface area contributed by atoms with Crippen LogP contribution in [0.5, 0.6) is 0 Å². The maximum atomic E-state index is 11.0. The summed E-state index contributed by atoms with van der Waals surface area (Å²) in [4.78, 5) is 3.77. The topological polar surface area (TPSA) is 59.1 Å². The van der Waals surface area contributed by atoms with E-state index in [0.29, 0.717) is 5.02 Å². The fourth-order valence-electron chi connectivity index (χ4n) is 0.623. The van der Waals surface area contributed by atoms with E-state index >= 15 is 0 Å². The Morgan fingerprint density at radius 1 is 1.54 bits per heavy atom. The van der Waals surface area contributed by atoms with Crippen LogP contribution in [0.1, 0.15) is 0 Å². The smallest absolute Gasteiger partial charge is 0.243 e. The Bertz CT molecular complexity index is 378. The Morgan fingerprint density at radius 2 is 2.23 bits per heavy atom. The van der Waals surface area contributed by atoms with Gasteiger partial charge in [0.15, 0.2) is 0 Å². The van der Waals surface area contributed by atoms with Crippen LogP contribution in [-0.2, 0) is 10.0 Å². The highest BCUT2D eigenvalue weighted by atomic mass is 79.9. The SMILES string of the molecule is O=S(=O)(CBr)Nc1ccc(Cl)cn1. The normalized spacial score (nSPS) is 11.2. The second-order valence-corrected chi connectivity index (χ2v) is 5.65. The molecular formula is C6H6BrClN2O2S. The molecule has 1 rings (SSSR count). The maximum Gasteiger partial charge on any atom is 0.243 e. The van der Waals surface area contributed by atoms with E-state index in [1.54, 1.807) is 6.07 Å². The molecule has 0 spiro atoms. The average Bonchev–Trinajstić information content (AvgIpc) is 2.09. The number of aromatic nitrogens is 1. The summed E-state index contributed by atoms with van der Waals surface area (Å²) < 4.78 is 24.1.